The molecule has 2 aromatic rings. The zero-order chi connectivity index (χ0) is 14.7. The molecule has 1 aromatic carbocycles. The second-order valence-electron chi connectivity index (χ2n) is 3.71. The predicted molar refractivity (Wildman–Crippen MR) is 69.5 cm³/mol. The lowest BCUT2D eigenvalue weighted by Crippen LogP contribution is -2.12. The van der Waals surface area contributed by atoms with Gasteiger partial charge >= 0.3 is 6.61 Å². The average molecular weight is 349 g/mol. The molecule has 0 unspecified atom stereocenters. The molecular weight excluding hydrogens is 341 g/mol. The Hall–Kier alpha value is -1.96. The van der Waals surface area contributed by atoms with Gasteiger partial charge in [0, 0.05) is 22.4 Å². The number of hydrogen-bond acceptors (Lipinski definition) is 2. The minimum absolute atomic E-state index is 0.125. The Balaban J connectivity index is 2.10. The van der Waals surface area contributed by atoms with Gasteiger partial charge in [-0.2, -0.15) is 8.78 Å². The molecule has 0 radical (unpaired) electrons. The summed E-state index contributed by atoms with van der Waals surface area (Å²) in [6.07, 6.45) is 1.56. The second-order valence-corrected chi connectivity index (χ2v) is 4.63. The van der Waals surface area contributed by atoms with Crippen LogP contribution in [0.25, 0.3) is 0 Å². The topological polar surface area (TPSA) is 54.1 Å². The van der Waals surface area contributed by atoms with Crippen LogP contribution >= 0.6 is 15.9 Å². The molecule has 20 heavy (non-hydrogen) atoms. The maximum atomic E-state index is 13.4. The SMILES string of the molecule is O=C(Nc1ccc(OC(F)F)c(F)c1)c1cc(Br)c[nH]1. The monoisotopic (exact) mass is 348 g/mol. The molecule has 2 rings (SSSR count). The molecule has 2 N–H and O–H groups in total. The Labute approximate surface area is 120 Å². The van der Waals surface area contributed by atoms with Crippen LogP contribution in [-0.4, -0.2) is 17.5 Å². The van der Waals surface area contributed by atoms with E-state index in [4.69, 9.17) is 0 Å². The lowest BCUT2D eigenvalue weighted by Gasteiger charge is -2.08. The summed E-state index contributed by atoms with van der Waals surface area (Å²) in [5.41, 5.74) is 0.394. The molecule has 4 nitrogen and oxygen atoms in total. The highest BCUT2D eigenvalue weighted by Gasteiger charge is 2.12. The molecule has 0 spiro atoms. The van der Waals surface area contributed by atoms with Crippen molar-refractivity contribution in [3.63, 3.8) is 0 Å². The maximum absolute atomic E-state index is 13.4. The van der Waals surface area contributed by atoms with Crippen molar-refractivity contribution in [1.29, 1.82) is 0 Å². The van der Waals surface area contributed by atoms with Gasteiger partial charge in [-0.25, -0.2) is 4.39 Å². The first-order chi connectivity index (χ1) is 9.45. The quantitative estimate of drug-likeness (QED) is 0.883. The number of nitrogens with one attached hydrogen (secondary N) is 2. The number of rotatable bonds is 4. The Kier molecular flexibility index (Phi) is 4.33. The minimum Gasteiger partial charge on any atom is -0.432 e. The van der Waals surface area contributed by atoms with Crippen LogP contribution in [0.3, 0.4) is 0 Å². The lowest BCUT2D eigenvalue weighted by molar-refractivity contribution is -0.0521. The fraction of sp³-hybridized carbons (Fsp3) is 0.0833. The Bertz CT molecular complexity index is 631. The van der Waals surface area contributed by atoms with E-state index in [1.165, 1.54) is 6.07 Å². The number of H-pyrrole nitrogens is 1. The molecule has 0 atom stereocenters. The van der Waals surface area contributed by atoms with Crippen LogP contribution < -0.4 is 10.1 Å². The minimum atomic E-state index is -3.11. The number of hydrogen-bond donors (Lipinski definition) is 2. The first kappa shape index (κ1) is 14.4. The van der Waals surface area contributed by atoms with Crippen molar-refractivity contribution in [3.05, 3.63) is 46.4 Å². The first-order valence-electron chi connectivity index (χ1n) is 5.35. The predicted octanol–water partition coefficient (Wildman–Crippen LogP) is 3.77. The van der Waals surface area contributed by atoms with Gasteiger partial charge in [0.2, 0.25) is 0 Å². The first-order valence-corrected chi connectivity index (χ1v) is 6.14. The van der Waals surface area contributed by atoms with Crippen molar-refractivity contribution in [1.82, 2.24) is 4.98 Å². The van der Waals surface area contributed by atoms with E-state index in [-0.39, 0.29) is 11.4 Å². The van der Waals surface area contributed by atoms with Crippen LogP contribution in [0.15, 0.2) is 34.9 Å². The molecule has 106 valence electrons. The van der Waals surface area contributed by atoms with Crippen molar-refractivity contribution in [2.75, 3.05) is 5.32 Å². The Morgan fingerprint density at radius 3 is 2.65 bits per heavy atom. The summed E-state index contributed by atoms with van der Waals surface area (Å²) in [4.78, 5) is 14.5. The fourth-order valence-electron chi connectivity index (χ4n) is 1.47. The normalized spacial score (nSPS) is 10.7. The fourth-order valence-corrected chi connectivity index (χ4v) is 1.81. The molecule has 8 heteroatoms. The molecule has 1 heterocycles. The van der Waals surface area contributed by atoms with Crippen molar-refractivity contribution < 1.29 is 22.7 Å². The molecular formula is C12H8BrF3N2O2. The Morgan fingerprint density at radius 2 is 2.10 bits per heavy atom. The Morgan fingerprint density at radius 1 is 1.35 bits per heavy atom. The molecule has 0 bridgehead atoms. The number of alkyl halides is 2. The van der Waals surface area contributed by atoms with E-state index in [1.807, 2.05) is 0 Å². The zero-order valence-electron chi connectivity index (χ0n) is 9.79. The van der Waals surface area contributed by atoms with Crippen molar-refractivity contribution in [2.24, 2.45) is 0 Å². The van der Waals surface area contributed by atoms with Crippen LogP contribution in [0.2, 0.25) is 0 Å². The van der Waals surface area contributed by atoms with Gasteiger partial charge in [-0.3, -0.25) is 4.79 Å². The number of halogens is 4. The zero-order valence-corrected chi connectivity index (χ0v) is 11.4. The summed E-state index contributed by atoms with van der Waals surface area (Å²) < 4.78 is 42.0. The molecule has 0 saturated carbocycles. The molecule has 0 saturated heterocycles. The summed E-state index contributed by atoms with van der Waals surface area (Å²) in [5, 5.41) is 2.42. The number of carbonyl (C=O) groups is 1. The molecule has 0 fully saturated rings. The van der Waals surface area contributed by atoms with Gasteiger partial charge in [-0.05, 0) is 34.1 Å². The number of ether oxygens (including phenoxy) is 1. The molecule has 0 aliphatic rings. The van der Waals surface area contributed by atoms with Crippen LogP contribution in [0.4, 0.5) is 18.9 Å². The van der Waals surface area contributed by atoms with Crippen LogP contribution in [0.1, 0.15) is 10.5 Å². The number of aromatic amines is 1. The molecule has 1 aromatic heterocycles. The third-order valence-corrected chi connectivity index (χ3v) is 2.76. The summed E-state index contributed by atoms with van der Waals surface area (Å²) in [6, 6.07) is 4.71. The van der Waals surface area contributed by atoms with E-state index in [0.29, 0.717) is 4.47 Å². The van der Waals surface area contributed by atoms with Gasteiger partial charge in [0.15, 0.2) is 11.6 Å². The van der Waals surface area contributed by atoms with Crippen LogP contribution in [0, 0.1) is 5.82 Å². The van der Waals surface area contributed by atoms with Crippen molar-refractivity contribution >= 4 is 27.5 Å². The van der Waals surface area contributed by atoms with E-state index < -0.39 is 24.1 Å². The third kappa shape index (κ3) is 3.53. The van der Waals surface area contributed by atoms with Crippen molar-refractivity contribution in [2.45, 2.75) is 6.61 Å². The average Bonchev–Trinajstić information content (AvgIpc) is 2.79. The van der Waals surface area contributed by atoms with E-state index in [9.17, 15) is 18.0 Å². The highest BCUT2D eigenvalue weighted by molar-refractivity contribution is 9.10. The summed E-state index contributed by atoms with van der Waals surface area (Å²) in [5.74, 6) is -2.06. The highest BCUT2D eigenvalue weighted by Crippen LogP contribution is 2.23. The number of benzene rings is 1. The number of amides is 1. The highest BCUT2D eigenvalue weighted by atomic mass is 79.9. The van der Waals surface area contributed by atoms with Crippen LogP contribution in [-0.2, 0) is 0 Å². The van der Waals surface area contributed by atoms with Gasteiger partial charge in [-0.15, -0.1) is 0 Å². The number of carbonyl (C=O) groups excluding carboxylic acids is 1. The second kappa shape index (κ2) is 6.00. The third-order valence-electron chi connectivity index (χ3n) is 2.30. The molecule has 0 aliphatic carbocycles. The van der Waals surface area contributed by atoms with Gasteiger partial charge in [0.25, 0.3) is 5.91 Å². The maximum Gasteiger partial charge on any atom is 0.387 e. The van der Waals surface area contributed by atoms with E-state index >= 15 is 0 Å². The van der Waals surface area contributed by atoms with Gasteiger partial charge in [-0.1, -0.05) is 0 Å². The van der Waals surface area contributed by atoms with Gasteiger partial charge < -0.3 is 15.0 Å². The number of aromatic nitrogens is 1. The summed E-state index contributed by atoms with van der Waals surface area (Å²) in [7, 11) is 0. The van der Waals surface area contributed by atoms with E-state index in [1.54, 1.807) is 12.3 Å². The number of anilines is 1. The summed E-state index contributed by atoms with van der Waals surface area (Å²) >= 11 is 3.17. The van der Waals surface area contributed by atoms with E-state index in [0.717, 1.165) is 12.1 Å². The van der Waals surface area contributed by atoms with Crippen LogP contribution in [0.5, 0.6) is 5.75 Å². The molecule has 1 amide bonds. The lowest BCUT2D eigenvalue weighted by atomic mass is 10.2. The van der Waals surface area contributed by atoms with Gasteiger partial charge in [0.1, 0.15) is 5.69 Å². The largest absolute Gasteiger partial charge is 0.432 e. The standard InChI is InChI=1S/C12H8BrF3N2O2/c13-6-3-9(17-5-6)11(19)18-7-1-2-10(8(14)4-7)20-12(15)16/h1-5,12,17H,(H,18,19). The molecule has 0 aliphatic heterocycles. The smallest absolute Gasteiger partial charge is 0.387 e. The van der Waals surface area contributed by atoms with Crippen molar-refractivity contribution in [3.8, 4) is 5.75 Å². The van der Waals surface area contributed by atoms with E-state index in [2.05, 4.69) is 31.0 Å². The van der Waals surface area contributed by atoms with Gasteiger partial charge in [0.05, 0.1) is 0 Å². The summed E-state index contributed by atoms with van der Waals surface area (Å²) in [6.45, 7) is -3.11.